The molecule has 2 rings (SSSR count). The minimum Gasteiger partial charge on any atom is -0.290 e. The summed E-state index contributed by atoms with van der Waals surface area (Å²) in [5.41, 5.74) is 0. The van der Waals surface area contributed by atoms with Crippen LogP contribution in [0.25, 0.3) is 0 Å². The number of allylic oxidation sites excluding steroid dienone is 6. The molecule has 0 aromatic carbocycles. The zero-order chi connectivity index (χ0) is 11.9. The van der Waals surface area contributed by atoms with Crippen molar-refractivity contribution in [3.8, 4) is 0 Å². The Bertz CT molecular complexity index is 550. The Morgan fingerprint density at radius 3 is 2.19 bits per heavy atom. The van der Waals surface area contributed by atoms with E-state index in [0.29, 0.717) is 6.08 Å². The van der Waals surface area contributed by atoms with Crippen LogP contribution in [0.1, 0.15) is 0 Å². The highest BCUT2D eigenvalue weighted by Crippen LogP contribution is 2.33. The maximum Gasteiger partial charge on any atom is 0.291 e. The van der Waals surface area contributed by atoms with Gasteiger partial charge in [-0.25, -0.2) is 0 Å². The molecule has 2 aliphatic rings. The quantitative estimate of drug-likeness (QED) is 0.525. The van der Waals surface area contributed by atoms with Crippen molar-refractivity contribution in [1.29, 1.82) is 0 Å². The molecule has 0 aromatic heterocycles. The van der Waals surface area contributed by atoms with Crippen molar-refractivity contribution in [2.75, 3.05) is 0 Å². The smallest absolute Gasteiger partial charge is 0.290 e. The summed E-state index contributed by atoms with van der Waals surface area (Å²) in [6.45, 7) is 0. The zero-order valence-corrected chi connectivity index (χ0v) is 8.85. The van der Waals surface area contributed by atoms with Crippen molar-refractivity contribution < 1.29 is 22.6 Å². The maximum atomic E-state index is 11.5. The molecule has 0 fully saturated rings. The highest BCUT2D eigenvalue weighted by atomic mass is 32.2. The fourth-order valence-corrected chi connectivity index (χ4v) is 2.66. The fourth-order valence-electron chi connectivity index (χ4n) is 1.84. The van der Waals surface area contributed by atoms with E-state index in [1.54, 1.807) is 12.2 Å². The summed E-state index contributed by atoms with van der Waals surface area (Å²) in [4.78, 5) is 22.3. The summed E-state index contributed by atoms with van der Waals surface area (Å²) in [7, 11) is -4.45. The third kappa shape index (κ3) is 1.66. The summed E-state index contributed by atoms with van der Waals surface area (Å²) in [6.07, 6.45) is 6.78. The molecule has 5 nitrogen and oxygen atoms in total. The molecule has 0 spiro atoms. The Labute approximate surface area is 91.9 Å². The first kappa shape index (κ1) is 11.0. The molecule has 0 heterocycles. The molecule has 0 bridgehead atoms. The lowest BCUT2D eigenvalue weighted by atomic mass is 9.80. The van der Waals surface area contributed by atoms with E-state index in [4.69, 9.17) is 4.55 Å². The van der Waals surface area contributed by atoms with E-state index in [0.717, 1.165) is 0 Å². The van der Waals surface area contributed by atoms with Crippen LogP contribution in [0.2, 0.25) is 0 Å². The summed E-state index contributed by atoms with van der Waals surface area (Å²) in [5, 5.41) is 0. The number of hydrogen-bond acceptors (Lipinski definition) is 4. The van der Waals surface area contributed by atoms with Crippen molar-refractivity contribution in [2.24, 2.45) is 11.8 Å². The van der Waals surface area contributed by atoms with Crippen LogP contribution in [-0.2, 0) is 19.7 Å². The molecule has 0 radical (unpaired) electrons. The van der Waals surface area contributed by atoms with E-state index in [2.05, 4.69) is 0 Å². The van der Waals surface area contributed by atoms with Crippen LogP contribution in [0.5, 0.6) is 0 Å². The monoisotopic (exact) mass is 240 g/mol. The lowest BCUT2D eigenvalue weighted by Gasteiger charge is -2.26. The molecule has 84 valence electrons. The van der Waals surface area contributed by atoms with Crippen molar-refractivity contribution in [3.63, 3.8) is 0 Å². The summed E-state index contributed by atoms with van der Waals surface area (Å²) in [6, 6.07) is 0. The van der Waals surface area contributed by atoms with Crippen LogP contribution in [0.15, 0.2) is 35.3 Å². The van der Waals surface area contributed by atoms with E-state index in [-0.39, 0.29) is 0 Å². The van der Waals surface area contributed by atoms with Gasteiger partial charge in [0.2, 0.25) is 11.6 Å². The largest absolute Gasteiger partial charge is 0.291 e. The molecule has 16 heavy (non-hydrogen) atoms. The van der Waals surface area contributed by atoms with Gasteiger partial charge >= 0.3 is 0 Å². The molecule has 0 saturated carbocycles. The third-order valence-corrected chi connectivity index (χ3v) is 3.57. The van der Waals surface area contributed by atoms with Crippen LogP contribution in [0, 0.1) is 11.8 Å². The Morgan fingerprint density at radius 1 is 1.06 bits per heavy atom. The first-order chi connectivity index (χ1) is 7.41. The van der Waals surface area contributed by atoms with E-state index >= 15 is 0 Å². The average Bonchev–Trinajstić information content (AvgIpc) is 2.22. The van der Waals surface area contributed by atoms with Gasteiger partial charge in [0.25, 0.3) is 10.1 Å². The minimum atomic E-state index is -4.45. The molecule has 0 saturated heterocycles. The van der Waals surface area contributed by atoms with Gasteiger partial charge in [-0.05, 0) is 0 Å². The SMILES string of the molecule is O=C1C=C(S(=O)(=O)O)[C@H]2C=CC=C[C@@H]2C1=O. The minimum absolute atomic E-state index is 0.414. The molecule has 0 amide bonds. The number of carbonyl (C=O) groups excluding carboxylic acids is 2. The number of ketones is 2. The number of hydrogen-bond donors (Lipinski definition) is 1. The molecular formula is C10H8O5S. The number of Topliss-reactive ketones (excluding diaryl/α,β-unsaturated/α-hetero) is 1. The molecule has 0 unspecified atom stereocenters. The van der Waals surface area contributed by atoms with Crippen molar-refractivity contribution in [1.82, 2.24) is 0 Å². The van der Waals surface area contributed by atoms with Gasteiger partial charge in [-0.15, -0.1) is 0 Å². The van der Waals surface area contributed by atoms with Crippen molar-refractivity contribution in [3.05, 3.63) is 35.3 Å². The normalized spacial score (nSPS) is 28.9. The van der Waals surface area contributed by atoms with Crippen molar-refractivity contribution >= 4 is 21.7 Å². The second kappa shape index (κ2) is 3.50. The van der Waals surface area contributed by atoms with Gasteiger partial charge in [0.05, 0.1) is 10.8 Å². The molecule has 0 aromatic rings. The van der Waals surface area contributed by atoms with Gasteiger partial charge in [-0.1, -0.05) is 24.3 Å². The van der Waals surface area contributed by atoms with Crippen LogP contribution >= 0.6 is 0 Å². The van der Waals surface area contributed by atoms with Gasteiger partial charge in [-0.2, -0.15) is 8.42 Å². The highest BCUT2D eigenvalue weighted by molar-refractivity contribution is 7.89. The van der Waals surface area contributed by atoms with Crippen molar-refractivity contribution in [2.45, 2.75) is 0 Å². The number of carbonyl (C=O) groups is 2. The predicted octanol–water partition coefficient (Wildman–Crippen LogP) is 0.268. The third-order valence-electron chi connectivity index (χ3n) is 2.58. The maximum absolute atomic E-state index is 11.5. The van der Waals surface area contributed by atoms with Gasteiger partial charge in [0.15, 0.2) is 0 Å². The lowest BCUT2D eigenvalue weighted by molar-refractivity contribution is -0.136. The Kier molecular flexibility index (Phi) is 2.40. The number of fused-ring (bicyclic) bond motifs is 1. The molecule has 1 N–H and O–H groups in total. The van der Waals surface area contributed by atoms with E-state index in [9.17, 15) is 18.0 Å². The first-order valence-electron chi connectivity index (χ1n) is 4.53. The summed E-state index contributed by atoms with van der Waals surface area (Å²) < 4.78 is 31.1. The van der Waals surface area contributed by atoms with E-state index in [1.807, 2.05) is 0 Å². The highest BCUT2D eigenvalue weighted by Gasteiger charge is 2.40. The molecule has 6 heteroatoms. The van der Waals surface area contributed by atoms with Crippen LogP contribution in [0.4, 0.5) is 0 Å². The standard InChI is InChI=1S/C10H8O5S/c11-8-5-9(16(13,14)15)6-3-1-2-4-7(6)10(8)12/h1-7H,(H,13,14,15)/t6-,7-/m0/s1. The predicted molar refractivity (Wildman–Crippen MR) is 54.9 cm³/mol. The molecule has 0 aliphatic heterocycles. The fraction of sp³-hybridized carbons (Fsp3) is 0.200. The lowest BCUT2D eigenvalue weighted by Crippen LogP contribution is -2.35. The Morgan fingerprint density at radius 2 is 1.62 bits per heavy atom. The average molecular weight is 240 g/mol. The Balaban J connectivity index is 2.59. The van der Waals surface area contributed by atoms with Gasteiger partial charge in [0.1, 0.15) is 0 Å². The van der Waals surface area contributed by atoms with E-state index < -0.39 is 38.4 Å². The molecular weight excluding hydrogens is 232 g/mol. The zero-order valence-electron chi connectivity index (χ0n) is 8.03. The second-order valence-corrected chi connectivity index (χ2v) is 4.99. The molecule has 2 atom stereocenters. The summed E-state index contributed by atoms with van der Waals surface area (Å²) in [5.74, 6) is -3.14. The summed E-state index contributed by atoms with van der Waals surface area (Å²) >= 11 is 0. The van der Waals surface area contributed by atoms with Gasteiger partial charge in [-0.3, -0.25) is 14.1 Å². The number of rotatable bonds is 1. The topological polar surface area (TPSA) is 88.5 Å². The van der Waals surface area contributed by atoms with Gasteiger partial charge in [0, 0.05) is 12.0 Å². The van der Waals surface area contributed by atoms with E-state index in [1.165, 1.54) is 12.2 Å². The Hall–Kier alpha value is -1.53. The molecule has 2 aliphatic carbocycles. The van der Waals surface area contributed by atoms with Crippen LogP contribution in [-0.4, -0.2) is 24.5 Å². The van der Waals surface area contributed by atoms with Gasteiger partial charge < -0.3 is 0 Å². The van der Waals surface area contributed by atoms with Crippen LogP contribution < -0.4 is 0 Å². The first-order valence-corrected chi connectivity index (χ1v) is 5.97. The van der Waals surface area contributed by atoms with Crippen LogP contribution in [0.3, 0.4) is 0 Å². The second-order valence-electron chi connectivity index (χ2n) is 3.57.